The van der Waals surface area contributed by atoms with E-state index in [0.29, 0.717) is 5.75 Å². The Bertz CT molecular complexity index is 394. The molecule has 0 saturated heterocycles. The van der Waals surface area contributed by atoms with Crippen LogP contribution in [-0.2, 0) is 4.84 Å². The summed E-state index contributed by atoms with van der Waals surface area (Å²) in [6.45, 7) is 5.82. The summed E-state index contributed by atoms with van der Waals surface area (Å²) in [7, 11) is 3.22. The Hall–Kier alpha value is -1.71. The molecular formula is C13H19NO3. The topological polar surface area (TPSA) is 40.0 Å². The first kappa shape index (κ1) is 13.4. The zero-order valence-electron chi connectivity index (χ0n) is 11.0. The van der Waals surface area contributed by atoms with Gasteiger partial charge in [0.25, 0.3) is 0 Å². The highest BCUT2D eigenvalue weighted by molar-refractivity contribution is 5.83. The Morgan fingerprint density at radius 1 is 1.12 bits per heavy atom. The molecule has 0 aromatic heterocycles. The van der Waals surface area contributed by atoms with Gasteiger partial charge in [-0.15, -0.1) is 0 Å². The van der Waals surface area contributed by atoms with Crippen molar-refractivity contribution in [3.8, 4) is 11.5 Å². The minimum absolute atomic E-state index is 0.295. The standard InChI is InChI=1S/C13H19NO3/c1-13(2,3)17-14-9-10-6-7-11(15-4)8-12(10)16-5/h6-9H,1-5H3/b14-9+. The van der Waals surface area contributed by atoms with Gasteiger partial charge in [0.15, 0.2) is 0 Å². The van der Waals surface area contributed by atoms with E-state index < -0.39 is 0 Å². The lowest BCUT2D eigenvalue weighted by Crippen LogP contribution is -2.15. The van der Waals surface area contributed by atoms with Crippen LogP contribution < -0.4 is 9.47 Å². The maximum absolute atomic E-state index is 5.27. The van der Waals surface area contributed by atoms with Crippen molar-refractivity contribution in [1.82, 2.24) is 0 Å². The van der Waals surface area contributed by atoms with Crippen LogP contribution in [0.15, 0.2) is 23.4 Å². The average Bonchev–Trinajstić information content (AvgIpc) is 2.27. The third-order valence-corrected chi connectivity index (χ3v) is 1.96. The zero-order chi connectivity index (χ0) is 12.9. The molecule has 4 heteroatoms. The lowest BCUT2D eigenvalue weighted by atomic mass is 10.2. The number of nitrogens with zero attached hydrogens (tertiary/aromatic N) is 1. The smallest absolute Gasteiger partial charge is 0.131 e. The molecule has 0 fully saturated rings. The predicted octanol–water partition coefficient (Wildman–Crippen LogP) is 2.85. The van der Waals surface area contributed by atoms with E-state index in [1.807, 2.05) is 32.9 Å². The number of hydrogen-bond donors (Lipinski definition) is 0. The van der Waals surface area contributed by atoms with Crippen molar-refractivity contribution in [2.24, 2.45) is 5.16 Å². The maximum Gasteiger partial charge on any atom is 0.131 e. The van der Waals surface area contributed by atoms with Crippen LogP contribution in [-0.4, -0.2) is 26.0 Å². The second-order valence-electron chi connectivity index (χ2n) is 4.55. The van der Waals surface area contributed by atoms with E-state index in [1.165, 1.54) is 0 Å². The molecule has 1 aromatic rings. The second kappa shape index (κ2) is 5.57. The fourth-order valence-electron chi connectivity index (χ4n) is 1.17. The third kappa shape index (κ3) is 4.34. The minimum Gasteiger partial charge on any atom is -0.497 e. The van der Waals surface area contributed by atoms with Gasteiger partial charge in [-0.3, -0.25) is 0 Å². The normalized spacial score (nSPS) is 11.6. The van der Waals surface area contributed by atoms with E-state index in [1.54, 1.807) is 26.5 Å². The van der Waals surface area contributed by atoms with E-state index in [4.69, 9.17) is 14.3 Å². The van der Waals surface area contributed by atoms with Crippen LogP contribution >= 0.6 is 0 Å². The van der Waals surface area contributed by atoms with Gasteiger partial charge in [-0.2, -0.15) is 0 Å². The number of hydrogen-bond acceptors (Lipinski definition) is 4. The Morgan fingerprint density at radius 3 is 2.35 bits per heavy atom. The van der Waals surface area contributed by atoms with Crippen molar-refractivity contribution in [2.45, 2.75) is 26.4 Å². The van der Waals surface area contributed by atoms with Crippen molar-refractivity contribution in [1.29, 1.82) is 0 Å². The lowest BCUT2D eigenvalue weighted by molar-refractivity contribution is 0.00197. The zero-order valence-corrected chi connectivity index (χ0v) is 11.0. The molecule has 17 heavy (non-hydrogen) atoms. The van der Waals surface area contributed by atoms with Crippen molar-refractivity contribution in [2.75, 3.05) is 14.2 Å². The van der Waals surface area contributed by atoms with Crippen molar-refractivity contribution in [3.63, 3.8) is 0 Å². The molecule has 1 rings (SSSR count). The molecule has 0 bridgehead atoms. The van der Waals surface area contributed by atoms with Gasteiger partial charge < -0.3 is 14.3 Å². The van der Waals surface area contributed by atoms with Gasteiger partial charge in [0.1, 0.15) is 17.1 Å². The van der Waals surface area contributed by atoms with Crippen LogP contribution in [0.3, 0.4) is 0 Å². The lowest BCUT2D eigenvalue weighted by Gasteiger charge is -2.15. The summed E-state index contributed by atoms with van der Waals surface area (Å²) in [6.07, 6.45) is 1.63. The molecule has 0 atom stereocenters. The van der Waals surface area contributed by atoms with Crippen LogP contribution in [0.4, 0.5) is 0 Å². The molecule has 0 unspecified atom stereocenters. The molecule has 0 aliphatic rings. The largest absolute Gasteiger partial charge is 0.497 e. The van der Waals surface area contributed by atoms with Crippen LogP contribution in [0, 0.1) is 0 Å². The highest BCUT2D eigenvalue weighted by Gasteiger charge is 2.09. The van der Waals surface area contributed by atoms with Gasteiger partial charge in [-0.05, 0) is 32.9 Å². The molecule has 0 aliphatic heterocycles. The molecular weight excluding hydrogens is 218 g/mol. The molecule has 0 aliphatic carbocycles. The molecule has 0 saturated carbocycles. The van der Waals surface area contributed by atoms with E-state index in [2.05, 4.69) is 5.16 Å². The minimum atomic E-state index is -0.295. The van der Waals surface area contributed by atoms with Gasteiger partial charge >= 0.3 is 0 Å². The molecule has 94 valence electrons. The van der Waals surface area contributed by atoms with Crippen molar-refractivity contribution < 1.29 is 14.3 Å². The van der Waals surface area contributed by atoms with Crippen LogP contribution in [0.1, 0.15) is 26.3 Å². The molecule has 0 heterocycles. The summed E-state index contributed by atoms with van der Waals surface area (Å²) in [4.78, 5) is 5.27. The Morgan fingerprint density at radius 2 is 1.82 bits per heavy atom. The number of benzene rings is 1. The monoisotopic (exact) mass is 237 g/mol. The first-order chi connectivity index (χ1) is 7.96. The maximum atomic E-state index is 5.27. The first-order valence-electron chi connectivity index (χ1n) is 5.40. The van der Waals surface area contributed by atoms with Gasteiger partial charge in [-0.1, -0.05) is 5.16 Å². The summed E-state index contributed by atoms with van der Waals surface area (Å²) in [6, 6.07) is 5.52. The SMILES string of the molecule is COc1ccc(/C=N/OC(C)(C)C)c(OC)c1. The fourth-order valence-corrected chi connectivity index (χ4v) is 1.17. The number of rotatable bonds is 4. The molecule has 0 spiro atoms. The Labute approximate surface area is 102 Å². The summed E-state index contributed by atoms with van der Waals surface area (Å²) >= 11 is 0. The van der Waals surface area contributed by atoms with Gasteiger partial charge in [0.2, 0.25) is 0 Å². The molecule has 1 aromatic carbocycles. The third-order valence-electron chi connectivity index (χ3n) is 1.96. The Kier molecular flexibility index (Phi) is 4.37. The fraction of sp³-hybridized carbons (Fsp3) is 0.462. The van der Waals surface area contributed by atoms with E-state index in [0.717, 1.165) is 11.3 Å². The summed E-state index contributed by atoms with van der Waals surface area (Å²) < 4.78 is 10.4. The predicted molar refractivity (Wildman–Crippen MR) is 68.0 cm³/mol. The highest BCUT2D eigenvalue weighted by Crippen LogP contribution is 2.23. The number of ether oxygens (including phenoxy) is 2. The second-order valence-corrected chi connectivity index (χ2v) is 4.55. The van der Waals surface area contributed by atoms with E-state index >= 15 is 0 Å². The molecule has 4 nitrogen and oxygen atoms in total. The van der Waals surface area contributed by atoms with Crippen LogP contribution in [0.5, 0.6) is 11.5 Å². The Balaban J connectivity index is 2.84. The summed E-state index contributed by atoms with van der Waals surface area (Å²) in [5, 5.41) is 3.93. The van der Waals surface area contributed by atoms with Crippen molar-refractivity contribution >= 4 is 6.21 Å². The van der Waals surface area contributed by atoms with Crippen molar-refractivity contribution in [3.05, 3.63) is 23.8 Å². The van der Waals surface area contributed by atoms with E-state index in [9.17, 15) is 0 Å². The van der Waals surface area contributed by atoms with Gasteiger partial charge in [0, 0.05) is 11.6 Å². The summed E-state index contributed by atoms with van der Waals surface area (Å²) in [5.74, 6) is 1.45. The summed E-state index contributed by atoms with van der Waals surface area (Å²) in [5.41, 5.74) is 0.550. The van der Waals surface area contributed by atoms with Crippen LogP contribution in [0.2, 0.25) is 0 Å². The van der Waals surface area contributed by atoms with Gasteiger partial charge in [0.05, 0.1) is 20.4 Å². The van der Waals surface area contributed by atoms with Gasteiger partial charge in [-0.25, -0.2) is 0 Å². The number of oxime groups is 1. The first-order valence-corrected chi connectivity index (χ1v) is 5.40. The molecule has 0 N–H and O–H groups in total. The average molecular weight is 237 g/mol. The number of methoxy groups -OCH3 is 2. The van der Waals surface area contributed by atoms with E-state index in [-0.39, 0.29) is 5.60 Å². The molecule has 0 amide bonds. The quantitative estimate of drug-likeness (QED) is 0.597. The molecule has 0 radical (unpaired) electrons. The van der Waals surface area contributed by atoms with Crippen LogP contribution in [0.25, 0.3) is 0 Å². The highest BCUT2D eigenvalue weighted by atomic mass is 16.6.